The normalized spacial score (nSPS) is 14.2. The number of amides is 1. The Hall–Kier alpha value is -2.01. The molecule has 2 rings (SSSR count). The maximum Gasteiger partial charge on any atom is 0.268 e. The third kappa shape index (κ3) is 2.93. The van der Waals surface area contributed by atoms with E-state index in [4.69, 9.17) is 10.8 Å². The van der Waals surface area contributed by atoms with Crippen LogP contribution in [0.2, 0.25) is 0 Å². The van der Waals surface area contributed by atoms with Crippen LogP contribution in [0.15, 0.2) is 24.3 Å². The zero-order valence-electron chi connectivity index (χ0n) is 11.9. The van der Waals surface area contributed by atoms with Crippen molar-refractivity contribution in [2.24, 2.45) is 0 Å². The zero-order valence-corrected chi connectivity index (χ0v) is 11.9. The summed E-state index contributed by atoms with van der Waals surface area (Å²) in [5.41, 5.74) is 7.38. The van der Waals surface area contributed by atoms with Gasteiger partial charge in [0.05, 0.1) is 0 Å². The molecular formula is C15H21N3O2. The van der Waals surface area contributed by atoms with Crippen molar-refractivity contribution in [2.45, 2.75) is 32.2 Å². The van der Waals surface area contributed by atoms with Gasteiger partial charge in [0.2, 0.25) is 0 Å². The second kappa shape index (κ2) is 5.54. The van der Waals surface area contributed by atoms with Gasteiger partial charge >= 0.3 is 0 Å². The van der Waals surface area contributed by atoms with Crippen molar-refractivity contribution in [1.29, 1.82) is 0 Å². The first-order chi connectivity index (χ1) is 9.47. The summed E-state index contributed by atoms with van der Waals surface area (Å²) in [6, 6.07) is 7.27. The topological polar surface area (TPSA) is 91.1 Å². The Labute approximate surface area is 118 Å². The minimum absolute atomic E-state index is 0.0495. The largest absolute Gasteiger partial charge is 0.399 e. The molecule has 0 spiro atoms. The van der Waals surface area contributed by atoms with Crippen LogP contribution >= 0.6 is 0 Å². The number of carbonyl (C=O) groups excluding carboxylic acids is 1. The molecule has 0 bridgehead atoms. The summed E-state index contributed by atoms with van der Waals surface area (Å²) in [7, 11) is 0. The highest BCUT2D eigenvalue weighted by Gasteiger charge is 2.24. The highest BCUT2D eigenvalue weighted by molar-refractivity contribution is 5.98. The van der Waals surface area contributed by atoms with E-state index < -0.39 is 5.54 Å². The van der Waals surface area contributed by atoms with Crippen LogP contribution < -0.4 is 11.1 Å². The number of benzene rings is 1. The van der Waals surface area contributed by atoms with Gasteiger partial charge in [0.15, 0.2) is 0 Å². The van der Waals surface area contributed by atoms with Crippen molar-refractivity contribution in [3.63, 3.8) is 0 Å². The Kier molecular flexibility index (Phi) is 3.99. The van der Waals surface area contributed by atoms with Gasteiger partial charge < -0.3 is 21.1 Å². The molecule has 2 aromatic rings. The summed E-state index contributed by atoms with van der Waals surface area (Å²) in [4.78, 5) is 15.4. The number of H-pyrrole nitrogens is 1. The minimum Gasteiger partial charge on any atom is -0.399 e. The number of aromatic amines is 1. The van der Waals surface area contributed by atoms with E-state index in [-0.39, 0.29) is 12.5 Å². The van der Waals surface area contributed by atoms with E-state index >= 15 is 0 Å². The van der Waals surface area contributed by atoms with Crippen LogP contribution in [0.4, 0.5) is 5.69 Å². The van der Waals surface area contributed by atoms with Crippen LogP contribution in [-0.2, 0) is 0 Å². The van der Waals surface area contributed by atoms with Gasteiger partial charge in [-0.05, 0) is 44.0 Å². The van der Waals surface area contributed by atoms with E-state index in [0.717, 1.165) is 17.3 Å². The lowest BCUT2D eigenvalue weighted by Crippen LogP contribution is -2.46. The highest BCUT2D eigenvalue weighted by Crippen LogP contribution is 2.20. The first-order valence-electron chi connectivity index (χ1n) is 6.79. The number of aliphatic hydroxyl groups is 1. The second-order valence-electron chi connectivity index (χ2n) is 5.37. The van der Waals surface area contributed by atoms with E-state index in [0.29, 0.717) is 17.8 Å². The number of fused-ring (bicyclic) bond motifs is 1. The van der Waals surface area contributed by atoms with Crippen molar-refractivity contribution < 1.29 is 9.90 Å². The lowest BCUT2D eigenvalue weighted by molar-refractivity contribution is 0.0882. The maximum absolute atomic E-state index is 12.3. The molecule has 0 saturated carbocycles. The third-order valence-corrected chi connectivity index (χ3v) is 3.75. The molecular weight excluding hydrogens is 254 g/mol. The number of nitrogen functional groups attached to an aromatic ring is 1. The second-order valence-corrected chi connectivity index (χ2v) is 5.37. The molecule has 1 aromatic carbocycles. The summed E-state index contributed by atoms with van der Waals surface area (Å²) < 4.78 is 0. The number of aliphatic hydroxyl groups excluding tert-OH is 1. The Morgan fingerprint density at radius 3 is 2.85 bits per heavy atom. The SMILES string of the molecule is CCC(C)(CCO)NC(=O)c1cc2cc(N)ccc2[nH]1. The van der Waals surface area contributed by atoms with E-state index in [9.17, 15) is 4.79 Å². The minimum atomic E-state index is -0.401. The Balaban J connectivity index is 2.22. The number of hydrogen-bond donors (Lipinski definition) is 4. The molecule has 0 aliphatic carbocycles. The van der Waals surface area contributed by atoms with Gasteiger partial charge in [-0.2, -0.15) is 0 Å². The quantitative estimate of drug-likeness (QED) is 0.629. The van der Waals surface area contributed by atoms with Gasteiger partial charge in [-0.25, -0.2) is 0 Å². The van der Waals surface area contributed by atoms with Crippen molar-refractivity contribution in [3.8, 4) is 0 Å². The fraction of sp³-hybridized carbons (Fsp3) is 0.400. The molecule has 20 heavy (non-hydrogen) atoms. The number of rotatable bonds is 5. The molecule has 1 unspecified atom stereocenters. The highest BCUT2D eigenvalue weighted by atomic mass is 16.3. The van der Waals surface area contributed by atoms with Gasteiger partial charge in [0, 0.05) is 28.7 Å². The number of hydrogen-bond acceptors (Lipinski definition) is 3. The van der Waals surface area contributed by atoms with Crippen LogP contribution in [0, 0.1) is 0 Å². The molecule has 5 N–H and O–H groups in total. The van der Waals surface area contributed by atoms with Gasteiger partial charge in [-0.15, -0.1) is 0 Å². The van der Waals surface area contributed by atoms with Crippen LogP contribution in [0.1, 0.15) is 37.2 Å². The van der Waals surface area contributed by atoms with Crippen molar-refractivity contribution in [3.05, 3.63) is 30.0 Å². The van der Waals surface area contributed by atoms with Crippen LogP contribution in [-0.4, -0.2) is 28.1 Å². The summed E-state index contributed by atoms with van der Waals surface area (Å²) >= 11 is 0. The summed E-state index contributed by atoms with van der Waals surface area (Å²) in [6.45, 7) is 3.97. The summed E-state index contributed by atoms with van der Waals surface area (Å²) in [5.74, 6) is -0.169. The fourth-order valence-corrected chi connectivity index (χ4v) is 2.19. The van der Waals surface area contributed by atoms with Gasteiger partial charge in [0.25, 0.3) is 5.91 Å². The standard InChI is InChI=1S/C15H21N3O2/c1-3-15(2,6-7-19)18-14(20)13-9-10-8-11(16)4-5-12(10)17-13/h4-5,8-9,17,19H,3,6-7,16H2,1-2H3,(H,18,20). The molecule has 1 heterocycles. The van der Waals surface area contributed by atoms with Crippen LogP contribution in [0.5, 0.6) is 0 Å². The number of carbonyl (C=O) groups is 1. The first-order valence-corrected chi connectivity index (χ1v) is 6.79. The van der Waals surface area contributed by atoms with Crippen LogP contribution in [0.3, 0.4) is 0 Å². The summed E-state index contributed by atoms with van der Waals surface area (Å²) in [5, 5.41) is 13.0. The number of aromatic nitrogens is 1. The van der Waals surface area contributed by atoms with E-state index in [2.05, 4.69) is 10.3 Å². The monoisotopic (exact) mass is 275 g/mol. The molecule has 0 saturated heterocycles. The lowest BCUT2D eigenvalue weighted by atomic mass is 9.95. The molecule has 5 heteroatoms. The smallest absolute Gasteiger partial charge is 0.268 e. The number of anilines is 1. The predicted molar refractivity (Wildman–Crippen MR) is 80.6 cm³/mol. The van der Waals surface area contributed by atoms with Crippen molar-refractivity contribution in [2.75, 3.05) is 12.3 Å². The van der Waals surface area contributed by atoms with Crippen molar-refractivity contribution >= 4 is 22.5 Å². The Bertz CT molecular complexity index is 621. The third-order valence-electron chi connectivity index (χ3n) is 3.75. The molecule has 5 nitrogen and oxygen atoms in total. The van der Waals surface area contributed by atoms with E-state index in [1.165, 1.54) is 0 Å². The molecule has 1 atom stereocenters. The zero-order chi connectivity index (χ0) is 14.8. The summed E-state index contributed by atoms with van der Waals surface area (Å²) in [6.07, 6.45) is 1.29. The Morgan fingerprint density at radius 1 is 1.45 bits per heavy atom. The molecule has 0 fully saturated rings. The molecule has 1 aromatic heterocycles. The Morgan fingerprint density at radius 2 is 2.20 bits per heavy atom. The van der Waals surface area contributed by atoms with Gasteiger partial charge in [0.1, 0.15) is 5.69 Å². The number of nitrogens with one attached hydrogen (secondary N) is 2. The number of nitrogens with two attached hydrogens (primary N) is 1. The molecule has 1 amide bonds. The van der Waals surface area contributed by atoms with E-state index in [1.807, 2.05) is 26.0 Å². The predicted octanol–water partition coefficient (Wildman–Crippen LogP) is 2.03. The molecule has 0 aliphatic rings. The van der Waals surface area contributed by atoms with Gasteiger partial charge in [-0.1, -0.05) is 6.92 Å². The fourth-order valence-electron chi connectivity index (χ4n) is 2.19. The molecule has 108 valence electrons. The van der Waals surface area contributed by atoms with Gasteiger partial charge in [-0.3, -0.25) is 4.79 Å². The lowest BCUT2D eigenvalue weighted by Gasteiger charge is -2.28. The maximum atomic E-state index is 12.3. The average molecular weight is 275 g/mol. The molecule has 0 radical (unpaired) electrons. The molecule has 0 aliphatic heterocycles. The first kappa shape index (κ1) is 14.4. The van der Waals surface area contributed by atoms with E-state index in [1.54, 1.807) is 12.1 Å². The van der Waals surface area contributed by atoms with Crippen LogP contribution in [0.25, 0.3) is 10.9 Å². The van der Waals surface area contributed by atoms with Crippen molar-refractivity contribution in [1.82, 2.24) is 10.3 Å². The average Bonchev–Trinajstić information content (AvgIpc) is 2.82.